The number of hydrogen-bond donors (Lipinski definition) is 3. The second kappa shape index (κ2) is 5.65. The van der Waals surface area contributed by atoms with Gasteiger partial charge in [0.2, 0.25) is 5.82 Å². The molecule has 0 atom stereocenters. The number of nitrogens with zero attached hydrogens (tertiary/aromatic N) is 4. The molecular weight excluding hydrogens is 284 g/mol. The molecule has 0 aliphatic heterocycles. The van der Waals surface area contributed by atoms with E-state index in [-0.39, 0.29) is 18.0 Å². The lowest BCUT2D eigenvalue weighted by Gasteiger charge is -2.03. The monoisotopic (exact) mass is 296 g/mol. The second-order valence-electron chi connectivity index (χ2n) is 4.62. The summed E-state index contributed by atoms with van der Waals surface area (Å²) in [6.45, 7) is 0.0323. The normalized spacial score (nSPS) is 11.3. The molecule has 7 heteroatoms. The summed E-state index contributed by atoms with van der Waals surface area (Å²) in [6, 6.07) is 9.81. The van der Waals surface area contributed by atoms with Crippen molar-refractivity contribution in [2.45, 2.75) is 6.54 Å². The van der Waals surface area contributed by atoms with Crippen LogP contribution in [0, 0.1) is 0 Å². The molecule has 0 spiro atoms. The number of aromatic hydroxyl groups is 3. The van der Waals surface area contributed by atoms with Crippen molar-refractivity contribution in [2.75, 3.05) is 0 Å². The highest BCUT2D eigenvalue weighted by Gasteiger charge is 2.07. The minimum absolute atomic E-state index is 0.0323. The average molecular weight is 296 g/mol. The SMILES string of the molecule is Oc1cc(O)c(CN=Nc2nncc3ccccc23)cc1O. The molecule has 0 fully saturated rings. The van der Waals surface area contributed by atoms with Crippen molar-refractivity contribution in [2.24, 2.45) is 10.2 Å². The maximum absolute atomic E-state index is 9.68. The third-order valence-electron chi connectivity index (χ3n) is 3.13. The molecule has 0 aliphatic rings. The Kier molecular flexibility index (Phi) is 3.53. The molecule has 22 heavy (non-hydrogen) atoms. The first-order valence-electron chi connectivity index (χ1n) is 6.47. The summed E-state index contributed by atoms with van der Waals surface area (Å²) in [7, 11) is 0. The van der Waals surface area contributed by atoms with Crippen LogP contribution < -0.4 is 0 Å². The van der Waals surface area contributed by atoms with E-state index in [0.29, 0.717) is 11.4 Å². The maximum Gasteiger partial charge on any atom is 0.203 e. The molecule has 7 nitrogen and oxygen atoms in total. The number of aromatic nitrogens is 2. The number of phenolic OH excluding ortho intramolecular Hbond substituents is 3. The van der Waals surface area contributed by atoms with Crippen molar-refractivity contribution in [3.63, 3.8) is 0 Å². The van der Waals surface area contributed by atoms with E-state index in [9.17, 15) is 15.3 Å². The summed E-state index contributed by atoms with van der Waals surface area (Å²) in [6.07, 6.45) is 1.64. The summed E-state index contributed by atoms with van der Waals surface area (Å²) >= 11 is 0. The van der Waals surface area contributed by atoms with Crippen LogP contribution in [0.15, 0.2) is 52.8 Å². The van der Waals surface area contributed by atoms with Gasteiger partial charge in [-0.05, 0) is 6.07 Å². The Morgan fingerprint density at radius 1 is 0.955 bits per heavy atom. The van der Waals surface area contributed by atoms with Gasteiger partial charge >= 0.3 is 0 Å². The van der Waals surface area contributed by atoms with Gasteiger partial charge in [-0.2, -0.15) is 10.2 Å². The number of rotatable bonds is 3. The zero-order valence-corrected chi connectivity index (χ0v) is 11.4. The lowest BCUT2D eigenvalue weighted by atomic mass is 10.2. The van der Waals surface area contributed by atoms with Crippen molar-refractivity contribution in [1.82, 2.24) is 10.2 Å². The summed E-state index contributed by atoms with van der Waals surface area (Å²) in [5, 5.41) is 45.9. The zero-order valence-electron chi connectivity index (χ0n) is 11.4. The van der Waals surface area contributed by atoms with Crippen LogP contribution in [0.4, 0.5) is 5.82 Å². The van der Waals surface area contributed by atoms with E-state index in [1.54, 1.807) is 6.20 Å². The highest BCUT2D eigenvalue weighted by atomic mass is 16.3. The van der Waals surface area contributed by atoms with Gasteiger partial charge in [0.25, 0.3) is 0 Å². The minimum Gasteiger partial charge on any atom is -0.507 e. The average Bonchev–Trinajstić information content (AvgIpc) is 2.52. The van der Waals surface area contributed by atoms with Gasteiger partial charge in [-0.3, -0.25) is 0 Å². The fraction of sp³-hybridized carbons (Fsp3) is 0.0667. The first-order valence-corrected chi connectivity index (χ1v) is 6.47. The zero-order chi connectivity index (χ0) is 15.5. The van der Waals surface area contributed by atoms with Crippen LogP contribution in [-0.2, 0) is 6.54 Å². The molecule has 3 aromatic rings. The molecule has 0 unspecified atom stereocenters. The van der Waals surface area contributed by atoms with Crippen LogP contribution in [0.3, 0.4) is 0 Å². The molecule has 0 aliphatic carbocycles. The Morgan fingerprint density at radius 2 is 1.73 bits per heavy atom. The number of benzene rings is 2. The van der Waals surface area contributed by atoms with E-state index in [2.05, 4.69) is 20.4 Å². The van der Waals surface area contributed by atoms with E-state index in [4.69, 9.17) is 0 Å². The van der Waals surface area contributed by atoms with Crippen LogP contribution in [0.1, 0.15) is 5.56 Å². The van der Waals surface area contributed by atoms with Gasteiger partial charge in [-0.1, -0.05) is 24.3 Å². The van der Waals surface area contributed by atoms with Gasteiger partial charge in [-0.25, -0.2) is 0 Å². The van der Waals surface area contributed by atoms with Gasteiger partial charge in [0.15, 0.2) is 11.5 Å². The van der Waals surface area contributed by atoms with E-state index in [1.165, 1.54) is 6.07 Å². The Morgan fingerprint density at radius 3 is 2.59 bits per heavy atom. The van der Waals surface area contributed by atoms with Crippen molar-refractivity contribution in [1.29, 1.82) is 0 Å². The fourth-order valence-corrected chi connectivity index (χ4v) is 2.00. The molecule has 1 heterocycles. The van der Waals surface area contributed by atoms with Crippen molar-refractivity contribution in [3.8, 4) is 17.2 Å². The summed E-state index contributed by atoms with van der Waals surface area (Å²) in [5.74, 6) is -0.509. The third kappa shape index (κ3) is 2.64. The molecule has 110 valence electrons. The smallest absolute Gasteiger partial charge is 0.203 e. The van der Waals surface area contributed by atoms with Gasteiger partial charge in [0.05, 0.1) is 12.7 Å². The third-order valence-corrected chi connectivity index (χ3v) is 3.13. The van der Waals surface area contributed by atoms with Crippen LogP contribution in [0.25, 0.3) is 10.8 Å². The first kappa shape index (κ1) is 13.7. The first-order chi connectivity index (χ1) is 10.6. The van der Waals surface area contributed by atoms with Gasteiger partial charge in [0, 0.05) is 22.4 Å². The van der Waals surface area contributed by atoms with Crippen molar-refractivity contribution < 1.29 is 15.3 Å². The fourth-order valence-electron chi connectivity index (χ4n) is 2.00. The Hall–Kier alpha value is -3.22. The summed E-state index contributed by atoms with van der Waals surface area (Å²) < 4.78 is 0. The second-order valence-corrected chi connectivity index (χ2v) is 4.62. The lowest BCUT2D eigenvalue weighted by molar-refractivity contribution is 0.394. The van der Waals surface area contributed by atoms with Crippen LogP contribution in [-0.4, -0.2) is 25.5 Å². The van der Waals surface area contributed by atoms with E-state index in [1.807, 2.05) is 24.3 Å². The van der Waals surface area contributed by atoms with Crippen LogP contribution >= 0.6 is 0 Å². The summed E-state index contributed by atoms with van der Waals surface area (Å²) in [4.78, 5) is 0. The molecule has 0 amide bonds. The molecule has 1 aromatic heterocycles. The van der Waals surface area contributed by atoms with E-state index < -0.39 is 5.75 Å². The van der Waals surface area contributed by atoms with Crippen LogP contribution in [0.2, 0.25) is 0 Å². The molecule has 3 rings (SSSR count). The maximum atomic E-state index is 9.68. The number of fused-ring (bicyclic) bond motifs is 1. The van der Waals surface area contributed by atoms with Crippen molar-refractivity contribution in [3.05, 3.63) is 48.2 Å². The number of phenols is 3. The van der Waals surface area contributed by atoms with Crippen molar-refractivity contribution >= 4 is 16.6 Å². The number of azo groups is 1. The van der Waals surface area contributed by atoms with Gasteiger partial charge in [0.1, 0.15) is 5.75 Å². The molecule has 3 N–H and O–H groups in total. The largest absolute Gasteiger partial charge is 0.507 e. The molecule has 2 aromatic carbocycles. The van der Waals surface area contributed by atoms with Crippen LogP contribution in [0.5, 0.6) is 17.2 Å². The topological polar surface area (TPSA) is 111 Å². The highest BCUT2D eigenvalue weighted by Crippen LogP contribution is 2.32. The lowest BCUT2D eigenvalue weighted by Crippen LogP contribution is -1.85. The molecule has 0 saturated carbocycles. The Labute approximate surface area is 125 Å². The predicted molar refractivity (Wildman–Crippen MR) is 79.2 cm³/mol. The Balaban J connectivity index is 1.87. The molecular formula is C15H12N4O3. The number of hydrogen-bond acceptors (Lipinski definition) is 7. The van der Waals surface area contributed by atoms with E-state index >= 15 is 0 Å². The van der Waals surface area contributed by atoms with Gasteiger partial charge in [-0.15, -0.1) is 10.2 Å². The highest BCUT2D eigenvalue weighted by molar-refractivity contribution is 5.89. The standard InChI is InChI=1S/C15H12N4O3/c20-12-6-14(22)13(21)5-10(12)8-17-19-15-11-4-2-1-3-9(11)7-16-18-15/h1-7,20-22H,8H2. The summed E-state index contributed by atoms with van der Waals surface area (Å²) in [5.41, 5.74) is 0.340. The van der Waals surface area contributed by atoms with E-state index in [0.717, 1.165) is 16.8 Å². The van der Waals surface area contributed by atoms with Gasteiger partial charge < -0.3 is 15.3 Å². The quantitative estimate of drug-likeness (QED) is 0.391. The Bertz CT molecular complexity index is 859. The minimum atomic E-state index is -0.391. The molecule has 0 saturated heterocycles. The predicted octanol–water partition coefficient (Wildman–Crippen LogP) is 3.03. The molecule has 0 bridgehead atoms. The molecule has 0 radical (unpaired) electrons.